The lowest BCUT2D eigenvalue weighted by Crippen LogP contribution is -2.48. The maximum Gasteiger partial charge on any atom is 0.407 e. The summed E-state index contributed by atoms with van der Waals surface area (Å²) >= 11 is 0. The molecule has 4 heterocycles. The topological polar surface area (TPSA) is 122 Å². The Labute approximate surface area is 233 Å². The van der Waals surface area contributed by atoms with E-state index in [1.807, 2.05) is 52.1 Å². The molecule has 0 radical (unpaired) electrons. The van der Waals surface area contributed by atoms with Gasteiger partial charge in [0.05, 0.1) is 0 Å². The molecule has 3 N–H and O–H groups in total. The van der Waals surface area contributed by atoms with E-state index < -0.39 is 6.09 Å². The summed E-state index contributed by atoms with van der Waals surface area (Å²) in [5.74, 6) is 0.754. The smallest absolute Gasteiger partial charge is 0.407 e. The first-order chi connectivity index (χ1) is 19.1. The van der Waals surface area contributed by atoms with Gasteiger partial charge < -0.3 is 30.1 Å². The lowest BCUT2D eigenvalue weighted by Gasteiger charge is -2.33. The molecule has 0 aliphatic carbocycles. The molecule has 0 unspecified atom stereocenters. The highest BCUT2D eigenvalue weighted by Crippen LogP contribution is 2.35. The van der Waals surface area contributed by atoms with Gasteiger partial charge in [-0.25, -0.2) is 9.78 Å². The molecule has 5 rings (SSSR count). The van der Waals surface area contributed by atoms with Crippen LogP contribution in [0.25, 0.3) is 11.1 Å². The van der Waals surface area contributed by atoms with E-state index in [4.69, 9.17) is 0 Å². The number of amides is 2. The van der Waals surface area contributed by atoms with Crippen LogP contribution in [0.1, 0.15) is 52.5 Å². The van der Waals surface area contributed by atoms with E-state index >= 15 is 0 Å². The molecule has 0 saturated carbocycles. The van der Waals surface area contributed by atoms with E-state index in [-0.39, 0.29) is 23.9 Å². The second kappa shape index (κ2) is 11.0. The number of carbonyl (C=O) groups excluding carboxylic acids is 1. The molecule has 3 aromatic rings. The number of rotatable bonds is 6. The van der Waals surface area contributed by atoms with Crippen LogP contribution >= 0.6 is 0 Å². The van der Waals surface area contributed by atoms with Gasteiger partial charge in [-0.2, -0.15) is 0 Å². The number of likely N-dealkylation sites (N-methyl/N-ethyl adjacent to an activating group) is 1. The summed E-state index contributed by atoms with van der Waals surface area (Å²) in [7, 11) is 2.02. The van der Waals surface area contributed by atoms with Gasteiger partial charge in [0.1, 0.15) is 5.82 Å². The number of H-pyrrole nitrogens is 1. The molecule has 1 saturated heterocycles. The van der Waals surface area contributed by atoms with Crippen molar-refractivity contribution in [3.05, 3.63) is 74.8 Å². The zero-order valence-electron chi connectivity index (χ0n) is 23.5. The molecule has 2 aliphatic rings. The SMILES string of the molecule is Cc1cc(C(C)C)c(CNC(=O)c2cc(-c3ccc(N4CCN(C(=O)O)CC4)nc3)cc3c2CCN3C)c(=O)[nH]1. The molecular weight excluding hydrogens is 508 g/mol. The molecule has 1 aromatic carbocycles. The second-order valence-electron chi connectivity index (χ2n) is 10.9. The molecule has 2 aromatic heterocycles. The summed E-state index contributed by atoms with van der Waals surface area (Å²) in [6, 6.07) is 9.93. The number of pyridine rings is 2. The standard InChI is InChI=1S/C30H36N6O4/c1-18(2)23-13-19(3)33-29(38)25(23)17-32-28(37)24-14-21(15-26-22(24)7-8-34(26)4)20-5-6-27(31-16-20)35-9-11-36(12-10-35)30(39)40/h5-6,13-16,18H,7-12,17H2,1-4H3,(H,32,37)(H,33,38)(H,39,40). The number of benzene rings is 1. The van der Waals surface area contributed by atoms with E-state index in [1.165, 1.54) is 4.90 Å². The van der Waals surface area contributed by atoms with E-state index in [1.54, 1.807) is 6.20 Å². The minimum absolute atomic E-state index is 0.155. The van der Waals surface area contributed by atoms with Crippen LogP contribution in [0.2, 0.25) is 0 Å². The van der Waals surface area contributed by atoms with Crippen molar-refractivity contribution in [2.24, 2.45) is 0 Å². The molecule has 0 atom stereocenters. The van der Waals surface area contributed by atoms with Crippen LogP contribution in [0, 0.1) is 6.92 Å². The number of piperazine rings is 1. The van der Waals surface area contributed by atoms with Gasteiger partial charge in [0.25, 0.3) is 11.5 Å². The fourth-order valence-corrected chi connectivity index (χ4v) is 5.60. The normalized spacial score (nSPS) is 15.0. The Morgan fingerprint density at radius 2 is 1.82 bits per heavy atom. The molecule has 0 bridgehead atoms. The molecule has 0 spiro atoms. The lowest BCUT2D eigenvalue weighted by atomic mass is 9.96. The number of aryl methyl sites for hydroxylation is 1. The number of hydrogen-bond donors (Lipinski definition) is 3. The van der Waals surface area contributed by atoms with Crippen LogP contribution in [0.5, 0.6) is 0 Å². The van der Waals surface area contributed by atoms with E-state index in [0.717, 1.165) is 52.4 Å². The van der Waals surface area contributed by atoms with Crippen molar-refractivity contribution < 1.29 is 14.7 Å². The highest BCUT2D eigenvalue weighted by molar-refractivity contribution is 5.99. The molecule has 2 aliphatic heterocycles. The first kappa shape index (κ1) is 27.2. The number of fused-ring (bicyclic) bond motifs is 1. The van der Waals surface area contributed by atoms with Crippen molar-refractivity contribution in [2.75, 3.05) is 49.6 Å². The Morgan fingerprint density at radius 3 is 2.48 bits per heavy atom. The molecule has 210 valence electrons. The van der Waals surface area contributed by atoms with Crippen molar-refractivity contribution in [3.8, 4) is 11.1 Å². The Kier molecular flexibility index (Phi) is 7.51. The van der Waals surface area contributed by atoms with Crippen LogP contribution in [0.15, 0.2) is 41.3 Å². The third kappa shape index (κ3) is 5.38. The minimum Gasteiger partial charge on any atom is -0.465 e. The van der Waals surface area contributed by atoms with E-state index in [9.17, 15) is 19.5 Å². The number of carbonyl (C=O) groups is 2. The van der Waals surface area contributed by atoms with Gasteiger partial charge in [-0.3, -0.25) is 9.59 Å². The van der Waals surface area contributed by atoms with Gasteiger partial charge in [0, 0.05) is 80.6 Å². The molecule has 10 heteroatoms. The van der Waals surface area contributed by atoms with Crippen LogP contribution in [-0.4, -0.2) is 71.7 Å². The highest BCUT2D eigenvalue weighted by atomic mass is 16.4. The summed E-state index contributed by atoms with van der Waals surface area (Å²) in [6.45, 7) is 9.01. The Hall–Kier alpha value is -4.34. The van der Waals surface area contributed by atoms with Crippen LogP contribution in [-0.2, 0) is 13.0 Å². The third-order valence-electron chi connectivity index (χ3n) is 7.89. The first-order valence-electron chi connectivity index (χ1n) is 13.7. The predicted molar refractivity (Wildman–Crippen MR) is 156 cm³/mol. The van der Waals surface area contributed by atoms with Gasteiger partial charge in [0.15, 0.2) is 0 Å². The number of hydrogen-bond acceptors (Lipinski definition) is 6. The van der Waals surface area contributed by atoms with Gasteiger partial charge in [-0.15, -0.1) is 0 Å². The average molecular weight is 545 g/mol. The average Bonchev–Trinajstić information content (AvgIpc) is 3.32. The van der Waals surface area contributed by atoms with Crippen LogP contribution in [0.3, 0.4) is 0 Å². The van der Waals surface area contributed by atoms with Crippen molar-refractivity contribution in [2.45, 2.75) is 39.7 Å². The fourth-order valence-electron chi connectivity index (χ4n) is 5.60. The number of aromatic amines is 1. The zero-order valence-corrected chi connectivity index (χ0v) is 23.5. The van der Waals surface area contributed by atoms with Crippen molar-refractivity contribution in [1.82, 2.24) is 20.2 Å². The predicted octanol–water partition coefficient (Wildman–Crippen LogP) is 3.59. The number of carboxylic acid groups (broad SMARTS) is 1. The first-order valence-corrected chi connectivity index (χ1v) is 13.7. The van der Waals surface area contributed by atoms with Crippen molar-refractivity contribution in [3.63, 3.8) is 0 Å². The van der Waals surface area contributed by atoms with Gasteiger partial charge in [-0.05, 0) is 66.3 Å². The van der Waals surface area contributed by atoms with Crippen LogP contribution < -0.4 is 20.7 Å². The number of anilines is 2. The van der Waals surface area contributed by atoms with Gasteiger partial charge in [-0.1, -0.05) is 13.8 Å². The highest BCUT2D eigenvalue weighted by Gasteiger charge is 2.25. The summed E-state index contributed by atoms with van der Waals surface area (Å²) in [5.41, 5.74) is 6.58. The maximum atomic E-state index is 13.6. The summed E-state index contributed by atoms with van der Waals surface area (Å²) in [4.78, 5) is 50.6. The minimum atomic E-state index is -0.893. The number of aromatic nitrogens is 2. The zero-order chi connectivity index (χ0) is 28.6. The van der Waals surface area contributed by atoms with Crippen LogP contribution in [0.4, 0.5) is 16.3 Å². The second-order valence-corrected chi connectivity index (χ2v) is 10.9. The number of nitrogens with one attached hydrogen (secondary N) is 2. The Bertz CT molecular complexity index is 1490. The fraction of sp³-hybridized carbons (Fsp3) is 0.400. The monoisotopic (exact) mass is 544 g/mol. The summed E-state index contributed by atoms with van der Waals surface area (Å²) in [6.07, 6.45) is 1.68. The largest absolute Gasteiger partial charge is 0.465 e. The van der Waals surface area contributed by atoms with Gasteiger partial charge in [0.2, 0.25) is 0 Å². The molecule has 40 heavy (non-hydrogen) atoms. The Morgan fingerprint density at radius 1 is 1.07 bits per heavy atom. The van der Waals surface area contributed by atoms with Crippen molar-refractivity contribution >= 4 is 23.5 Å². The quantitative estimate of drug-likeness (QED) is 0.434. The van der Waals surface area contributed by atoms with Crippen molar-refractivity contribution in [1.29, 1.82) is 0 Å². The molecule has 1 fully saturated rings. The lowest BCUT2D eigenvalue weighted by molar-refractivity contribution is 0.0949. The van der Waals surface area contributed by atoms with E-state index in [2.05, 4.69) is 31.2 Å². The molecule has 2 amide bonds. The van der Waals surface area contributed by atoms with Gasteiger partial charge >= 0.3 is 6.09 Å². The molecule has 10 nitrogen and oxygen atoms in total. The summed E-state index contributed by atoms with van der Waals surface area (Å²) < 4.78 is 0. The Balaban J connectivity index is 1.39. The summed E-state index contributed by atoms with van der Waals surface area (Å²) in [5, 5.41) is 12.2. The maximum absolute atomic E-state index is 13.6. The third-order valence-corrected chi connectivity index (χ3v) is 7.89. The molecular formula is C30H36N6O4. The number of nitrogens with zero attached hydrogens (tertiary/aromatic N) is 4. The van der Waals surface area contributed by atoms with E-state index in [0.29, 0.717) is 37.3 Å².